The maximum Gasteiger partial charge on any atom is 0.251 e. The number of halogens is 1. The number of anilines is 1. The smallest absolute Gasteiger partial charge is 0.251 e. The van der Waals surface area contributed by atoms with Gasteiger partial charge in [0.25, 0.3) is 5.56 Å². The van der Waals surface area contributed by atoms with Crippen LogP contribution in [0.2, 0.25) is 0 Å². The molecule has 1 N–H and O–H groups in total. The van der Waals surface area contributed by atoms with Crippen molar-refractivity contribution in [2.45, 2.75) is 6.54 Å². The van der Waals surface area contributed by atoms with Crippen molar-refractivity contribution in [3.8, 4) is 5.75 Å². The number of piperazine rings is 1. The van der Waals surface area contributed by atoms with Crippen molar-refractivity contribution >= 4 is 50.0 Å². The number of aromatic nitrogens is 2. The Hall–Kier alpha value is -2.49. The molecule has 0 aliphatic carbocycles. The normalized spacial score (nSPS) is 14.6. The number of ether oxygens (including phenoxy) is 1. The van der Waals surface area contributed by atoms with Crippen molar-refractivity contribution in [1.29, 1.82) is 0 Å². The summed E-state index contributed by atoms with van der Waals surface area (Å²) in [7, 11) is 1.60. The first-order valence-electron chi connectivity index (χ1n) is 10.1. The molecule has 3 aromatic rings. The Morgan fingerprint density at radius 1 is 1.13 bits per heavy atom. The molecule has 0 atom stereocenters. The van der Waals surface area contributed by atoms with E-state index in [9.17, 15) is 4.79 Å². The highest BCUT2D eigenvalue weighted by molar-refractivity contribution is 9.10. The third-order valence-electron chi connectivity index (χ3n) is 5.44. The predicted molar refractivity (Wildman–Crippen MR) is 131 cm³/mol. The number of nitrogens with one attached hydrogen (secondary N) is 1. The molecule has 0 spiro atoms. The number of fused-ring (bicyclic) bond motifs is 1. The van der Waals surface area contributed by atoms with E-state index < -0.39 is 0 Å². The molecule has 1 saturated heterocycles. The van der Waals surface area contributed by atoms with E-state index in [1.54, 1.807) is 30.0 Å². The van der Waals surface area contributed by atoms with Crippen LogP contribution in [0.25, 0.3) is 11.0 Å². The zero-order chi connectivity index (χ0) is 21.8. The van der Waals surface area contributed by atoms with Crippen molar-refractivity contribution in [2.75, 3.05) is 45.2 Å². The van der Waals surface area contributed by atoms with E-state index in [1.807, 2.05) is 30.3 Å². The summed E-state index contributed by atoms with van der Waals surface area (Å²) in [5, 5.41) is 4.04. The summed E-state index contributed by atoms with van der Waals surface area (Å²) in [6, 6.07) is 13.2. The molecule has 1 aliphatic heterocycles. The second kappa shape index (κ2) is 9.76. The first kappa shape index (κ1) is 21.7. The van der Waals surface area contributed by atoms with Crippen LogP contribution in [0.1, 0.15) is 0 Å². The minimum atomic E-state index is -0.0268. The first-order chi connectivity index (χ1) is 15.0. The lowest BCUT2D eigenvalue weighted by atomic mass is 10.3. The lowest BCUT2D eigenvalue weighted by Crippen LogP contribution is -2.50. The van der Waals surface area contributed by atoms with Gasteiger partial charge < -0.3 is 19.5 Å². The Balaban J connectivity index is 1.34. The minimum Gasteiger partial charge on any atom is -0.495 e. The minimum absolute atomic E-state index is 0.0268. The van der Waals surface area contributed by atoms with Crippen molar-refractivity contribution in [2.24, 2.45) is 0 Å². The highest BCUT2D eigenvalue weighted by Gasteiger charge is 2.19. The van der Waals surface area contributed by atoms with E-state index in [0.29, 0.717) is 12.3 Å². The Kier molecular flexibility index (Phi) is 6.84. The topological polar surface area (TPSA) is 62.6 Å². The molecule has 1 aromatic carbocycles. The standard InChI is InChI=1S/C22H24BrN5O2S/c1-30-18-14-20-19(24-15-18)6-7-21(29)28(20)13-10-26-8-11-27(12-9-26)22(31)25-17-4-2-16(23)3-5-17/h2-7,14-15H,8-13H2,1H3,(H,25,31). The zero-order valence-corrected chi connectivity index (χ0v) is 19.7. The summed E-state index contributed by atoms with van der Waals surface area (Å²) >= 11 is 9.03. The monoisotopic (exact) mass is 501 g/mol. The highest BCUT2D eigenvalue weighted by Crippen LogP contribution is 2.17. The average Bonchev–Trinajstić information content (AvgIpc) is 2.80. The maximum atomic E-state index is 12.5. The fraction of sp³-hybridized carbons (Fsp3) is 0.318. The van der Waals surface area contributed by atoms with Gasteiger partial charge in [-0.1, -0.05) is 15.9 Å². The summed E-state index contributed by atoms with van der Waals surface area (Å²) < 4.78 is 8.09. The number of hydrogen-bond donors (Lipinski definition) is 1. The molecule has 162 valence electrons. The molecule has 1 aliphatic rings. The van der Waals surface area contributed by atoms with Crippen LogP contribution in [0.15, 0.2) is 57.9 Å². The summed E-state index contributed by atoms with van der Waals surface area (Å²) in [5.74, 6) is 0.646. The fourth-order valence-electron chi connectivity index (χ4n) is 3.64. The molecule has 3 heterocycles. The van der Waals surface area contributed by atoms with Crippen LogP contribution in [-0.4, -0.2) is 64.3 Å². The number of rotatable bonds is 5. The molecule has 0 radical (unpaired) electrons. The summed E-state index contributed by atoms with van der Waals surface area (Å²) in [4.78, 5) is 21.4. The molecular formula is C22H24BrN5O2S. The molecule has 0 amide bonds. The van der Waals surface area contributed by atoms with Gasteiger partial charge >= 0.3 is 0 Å². The Morgan fingerprint density at radius 3 is 2.58 bits per heavy atom. The van der Waals surface area contributed by atoms with E-state index >= 15 is 0 Å². The molecule has 7 nitrogen and oxygen atoms in total. The number of benzene rings is 1. The molecule has 1 fully saturated rings. The van der Waals surface area contributed by atoms with Gasteiger partial charge in [0.05, 0.1) is 24.3 Å². The van der Waals surface area contributed by atoms with E-state index in [-0.39, 0.29) is 5.56 Å². The van der Waals surface area contributed by atoms with Gasteiger partial charge in [0.1, 0.15) is 5.75 Å². The van der Waals surface area contributed by atoms with Gasteiger partial charge in [-0.25, -0.2) is 0 Å². The van der Waals surface area contributed by atoms with Gasteiger partial charge in [-0.05, 0) is 42.5 Å². The van der Waals surface area contributed by atoms with Crippen LogP contribution in [0, 0.1) is 0 Å². The molecule has 4 rings (SSSR count). The number of nitrogens with zero attached hydrogens (tertiary/aromatic N) is 4. The summed E-state index contributed by atoms with van der Waals surface area (Å²) in [6.07, 6.45) is 1.67. The van der Waals surface area contributed by atoms with Gasteiger partial charge in [0.2, 0.25) is 0 Å². The Bertz CT molecular complexity index is 1130. The van der Waals surface area contributed by atoms with Crippen LogP contribution < -0.4 is 15.6 Å². The van der Waals surface area contributed by atoms with Gasteiger partial charge in [0.15, 0.2) is 5.11 Å². The lowest BCUT2D eigenvalue weighted by Gasteiger charge is -2.36. The largest absolute Gasteiger partial charge is 0.495 e. The number of methoxy groups -OCH3 is 1. The van der Waals surface area contributed by atoms with E-state index in [4.69, 9.17) is 17.0 Å². The molecule has 0 saturated carbocycles. The van der Waals surface area contributed by atoms with Gasteiger partial charge in [-0.15, -0.1) is 0 Å². The molecular weight excluding hydrogens is 478 g/mol. The summed E-state index contributed by atoms with van der Waals surface area (Å²) in [5.41, 5.74) is 2.54. The molecule has 2 aromatic heterocycles. The van der Waals surface area contributed by atoms with Crippen LogP contribution in [0.4, 0.5) is 5.69 Å². The number of thiocarbonyl (C=S) groups is 1. The Morgan fingerprint density at radius 2 is 1.87 bits per heavy atom. The van der Waals surface area contributed by atoms with Gasteiger partial charge in [0, 0.05) is 61.6 Å². The van der Waals surface area contributed by atoms with Crippen LogP contribution in [0.3, 0.4) is 0 Å². The second-order valence-electron chi connectivity index (χ2n) is 7.37. The predicted octanol–water partition coefficient (Wildman–Crippen LogP) is 3.18. The van der Waals surface area contributed by atoms with Crippen molar-refractivity contribution in [1.82, 2.24) is 19.4 Å². The van der Waals surface area contributed by atoms with E-state index in [2.05, 4.69) is 36.0 Å². The van der Waals surface area contributed by atoms with Crippen LogP contribution >= 0.6 is 28.1 Å². The maximum absolute atomic E-state index is 12.5. The molecule has 0 bridgehead atoms. The highest BCUT2D eigenvalue weighted by atomic mass is 79.9. The van der Waals surface area contributed by atoms with E-state index in [1.165, 1.54) is 0 Å². The Labute approximate surface area is 194 Å². The number of pyridine rings is 2. The third kappa shape index (κ3) is 5.23. The zero-order valence-electron chi connectivity index (χ0n) is 17.3. The molecule has 0 unspecified atom stereocenters. The molecule has 9 heteroatoms. The van der Waals surface area contributed by atoms with Crippen LogP contribution in [0.5, 0.6) is 5.75 Å². The second-order valence-corrected chi connectivity index (χ2v) is 8.67. The molecule has 31 heavy (non-hydrogen) atoms. The van der Waals surface area contributed by atoms with E-state index in [0.717, 1.165) is 59.0 Å². The fourth-order valence-corrected chi connectivity index (χ4v) is 4.21. The van der Waals surface area contributed by atoms with Crippen molar-refractivity contribution in [3.63, 3.8) is 0 Å². The van der Waals surface area contributed by atoms with Gasteiger partial charge in [-0.3, -0.25) is 14.7 Å². The van der Waals surface area contributed by atoms with Crippen molar-refractivity contribution in [3.05, 3.63) is 63.5 Å². The average molecular weight is 502 g/mol. The number of hydrogen-bond acceptors (Lipinski definition) is 5. The SMILES string of the molecule is COc1cnc2ccc(=O)n(CCN3CCN(C(=S)Nc4ccc(Br)cc4)CC3)c2c1. The summed E-state index contributed by atoms with van der Waals surface area (Å²) in [6.45, 7) is 4.88. The first-order valence-corrected chi connectivity index (χ1v) is 11.3. The van der Waals surface area contributed by atoms with Crippen molar-refractivity contribution < 1.29 is 4.74 Å². The van der Waals surface area contributed by atoms with Gasteiger partial charge in [-0.2, -0.15) is 0 Å². The lowest BCUT2D eigenvalue weighted by molar-refractivity contribution is 0.178. The third-order valence-corrected chi connectivity index (χ3v) is 6.33. The van der Waals surface area contributed by atoms with Crippen LogP contribution in [-0.2, 0) is 6.54 Å². The quantitative estimate of drug-likeness (QED) is 0.538.